The molecule has 0 atom stereocenters. The van der Waals surface area contributed by atoms with Crippen LogP contribution in [0.5, 0.6) is 0 Å². The van der Waals surface area contributed by atoms with E-state index in [0.717, 1.165) is 12.8 Å². The molecule has 1 aromatic carbocycles. The van der Waals surface area contributed by atoms with E-state index in [1.807, 2.05) is 0 Å². The maximum atomic E-state index is 13.1. The van der Waals surface area contributed by atoms with E-state index in [-0.39, 0.29) is 30.1 Å². The van der Waals surface area contributed by atoms with Crippen molar-refractivity contribution in [2.45, 2.75) is 51.6 Å². The first-order valence-electron chi connectivity index (χ1n) is 7.52. The smallest absolute Gasteiger partial charge is 0.224 e. The number of amides is 1. The summed E-state index contributed by atoms with van der Waals surface area (Å²) in [5.41, 5.74) is 0.120. The van der Waals surface area contributed by atoms with Crippen LogP contribution in [0.2, 0.25) is 0 Å². The second-order valence-electron chi connectivity index (χ2n) is 6.97. The summed E-state index contributed by atoms with van der Waals surface area (Å²) in [6.45, 7) is 4.68. The van der Waals surface area contributed by atoms with Gasteiger partial charge in [-0.05, 0) is 48.8 Å². The van der Waals surface area contributed by atoms with Gasteiger partial charge in [0.05, 0.1) is 12.0 Å². The Morgan fingerprint density at radius 2 is 1.95 bits per heavy atom. The van der Waals surface area contributed by atoms with Crippen molar-refractivity contribution in [3.8, 4) is 0 Å². The van der Waals surface area contributed by atoms with Gasteiger partial charge in [-0.1, -0.05) is 26.0 Å². The van der Waals surface area contributed by atoms with Crippen molar-refractivity contribution in [2.24, 2.45) is 5.41 Å². The minimum absolute atomic E-state index is 0.138. The van der Waals surface area contributed by atoms with E-state index in [1.54, 1.807) is 12.1 Å². The first-order chi connectivity index (χ1) is 9.78. The van der Waals surface area contributed by atoms with Gasteiger partial charge in [-0.2, -0.15) is 0 Å². The average Bonchev–Trinajstić information content (AvgIpc) is 2.41. The second kappa shape index (κ2) is 6.14. The molecule has 1 amide bonds. The van der Waals surface area contributed by atoms with Crippen LogP contribution in [0.3, 0.4) is 0 Å². The van der Waals surface area contributed by atoms with Crippen LogP contribution in [0.4, 0.5) is 4.39 Å². The van der Waals surface area contributed by atoms with Gasteiger partial charge in [-0.25, -0.2) is 4.39 Å². The molecule has 0 spiro atoms. The lowest BCUT2D eigenvalue weighted by Gasteiger charge is -2.40. The third-order valence-electron chi connectivity index (χ3n) is 4.40. The Morgan fingerprint density at radius 1 is 1.29 bits per heavy atom. The number of rotatable bonds is 4. The van der Waals surface area contributed by atoms with Gasteiger partial charge in [0.1, 0.15) is 5.82 Å². The monoisotopic (exact) mass is 293 g/mol. The third-order valence-corrected chi connectivity index (χ3v) is 4.40. The summed E-state index contributed by atoms with van der Waals surface area (Å²) in [7, 11) is 0. The largest absolute Gasteiger partial charge is 0.388 e. The number of halogens is 1. The van der Waals surface area contributed by atoms with Crippen LogP contribution >= 0.6 is 0 Å². The SMILES string of the molecule is CC1(C)CCC(O)(CNC(=O)Cc2cccc(F)c2)CC1. The molecular formula is C17H24FNO2. The highest BCUT2D eigenvalue weighted by atomic mass is 19.1. The molecule has 116 valence electrons. The zero-order chi connectivity index (χ0) is 15.5. The highest BCUT2D eigenvalue weighted by molar-refractivity contribution is 5.78. The van der Waals surface area contributed by atoms with E-state index in [4.69, 9.17) is 0 Å². The summed E-state index contributed by atoms with van der Waals surface area (Å²) in [5, 5.41) is 13.3. The van der Waals surface area contributed by atoms with Crippen molar-refractivity contribution in [1.82, 2.24) is 5.32 Å². The molecule has 0 radical (unpaired) electrons. The molecule has 4 heteroatoms. The van der Waals surface area contributed by atoms with E-state index in [9.17, 15) is 14.3 Å². The zero-order valence-electron chi connectivity index (χ0n) is 12.8. The van der Waals surface area contributed by atoms with Gasteiger partial charge in [0, 0.05) is 6.54 Å². The van der Waals surface area contributed by atoms with Gasteiger partial charge < -0.3 is 10.4 Å². The Hall–Kier alpha value is -1.42. The maximum Gasteiger partial charge on any atom is 0.224 e. The van der Waals surface area contributed by atoms with Crippen molar-refractivity contribution in [1.29, 1.82) is 0 Å². The molecule has 0 heterocycles. The van der Waals surface area contributed by atoms with Crippen molar-refractivity contribution < 1.29 is 14.3 Å². The van der Waals surface area contributed by atoms with Crippen LogP contribution in [-0.4, -0.2) is 23.2 Å². The summed E-state index contributed by atoms with van der Waals surface area (Å²) in [5.74, 6) is -0.521. The van der Waals surface area contributed by atoms with E-state index >= 15 is 0 Å². The lowest BCUT2D eigenvalue weighted by molar-refractivity contribution is -0.122. The molecule has 0 aromatic heterocycles. The van der Waals surface area contributed by atoms with Crippen molar-refractivity contribution in [2.75, 3.05) is 6.54 Å². The first-order valence-corrected chi connectivity index (χ1v) is 7.52. The molecule has 0 bridgehead atoms. The lowest BCUT2D eigenvalue weighted by Crippen LogP contribution is -2.46. The van der Waals surface area contributed by atoms with Crippen molar-refractivity contribution >= 4 is 5.91 Å². The number of nitrogens with one attached hydrogen (secondary N) is 1. The van der Waals surface area contributed by atoms with Crippen LogP contribution in [0.1, 0.15) is 45.1 Å². The molecule has 0 aliphatic heterocycles. The van der Waals surface area contributed by atoms with Crippen LogP contribution in [0, 0.1) is 11.2 Å². The van der Waals surface area contributed by atoms with Gasteiger partial charge in [0.25, 0.3) is 0 Å². The van der Waals surface area contributed by atoms with Gasteiger partial charge in [0.2, 0.25) is 5.91 Å². The van der Waals surface area contributed by atoms with E-state index in [0.29, 0.717) is 18.4 Å². The topological polar surface area (TPSA) is 49.3 Å². The van der Waals surface area contributed by atoms with Gasteiger partial charge in [0.15, 0.2) is 0 Å². The molecule has 3 nitrogen and oxygen atoms in total. The average molecular weight is 293 g/mol. The van der Waals surface area contributed by atoms with Gasteiger partial charge >= 0.3 is 0 Å². The van der Waals surface area contributed by atoms with Gasteiger partial charge in [-0.15, -0.1) is 0 Å². The normalized spacial score (nSPS) is 20.0. The fraction of sp³-hybridized carbons (Fsp3) is 0.588. The molecule has 1 aromatic rings. The van der Waals surface area contributed by atoms with Gasteiger partial charge in [-0.3, -0.25) is 4.79 Å². The Bertz CT molecular complexity index is 503. The molecule has 21 heavy (non-hydrogen) atoms. The Morgan fingerprint density at radius 3 is 2.57 bits per heavy atom. The predicted octanol–water partition coefficient (Wildman–Crippen LogP) is 2.82. The molecule has 2 N–H and O–H groups in total. The molecule has 0 unspecified atom stereocenters. The summed E-state index contributed by atoms with van der Waals surface area (Å²) >= 11 is 0. The van der Waals surface area contributed by atoms with E-state index < -0.39 is 5.60 Å². The molecule has 0 saturated heterocycles. The van der Waals surface area contributed by atoms with E-state index in [1.165, 1.54) is 12.1 Å². The number of aliphatic hydroxyl groups is 1. The molecule has 1 aliphatic carbocycles. The zero-order valence-corrected chi connectivity index (χ0v) is 12.8. The minimum atomic E-state index is -0.798. The quantitative estimate of drug-likeness (QED) is 0.897. The summed E-state index contributed by atoms with van der Waals surface area (Å²) in [4.78, 5) is 11.9. The standard InChI is InChI=1S/C17H24FNO2/c1-16(2)6-8-17(21,9-7-16)12-19-15(20)11-13-4-3-5-14(18)10-13/h3-5,10,21H,6-9,11-12H2,1-2H3,(H,19,20). The summed E-state index contributed by atoms with van der Waals surface area (Å²) in [6.07, 6.45) is 3.48. The molecule has 1 saturated carbocycles. The molecule has 1 fully saturated rings. The lowest BCUT2D eigenvalue weighted by atomic mass is 9.71. The van der Waals surface area contributed by atoms with Crippen LogP contribution in [0.15, 0.2) is 24.3 Å². The Labute approximate surface area is 125 Å². The minimum Gasteiger partial charge on any atom is -0.388 e. The van der Waals surface area contributed by atoms with Crippen molar-refractivity contribution in [3.05, 3.63) is 35.6 Å². The first kappa shape index (κ1) is 16.0. The number of hydrogen-bond acceptors (Lipinski definition) is 2. The molecular weight excluding hydrogens is 269 g/mol. The summed E-state index contributed by atoms with van der Waals surface area (Å²) in [6, 6.07) is 6.03. The highest BCUT2D eigenvalue weighted by Crippen LogP contribution is 2.39. The fourth-order valence-corrected chi connectivity index (χ4v) is 2.73. The molecule has 1 aliphatic rings. The fourth-order valence-electron chi connectivity index (χ4n) is 2.73. The summed E-state index contributed by atoms with van der Waals surface area (Å²) < 4.78 is 13.1. The number of benzene rings is 1. The highest BCUT2D eigenvalue weighted by Gasteiger charge is 2.36. The Kier molecular flexibility index (Phi) is 4.67. The second-order valence-corrected chi connectivity index (χ2v) is 6.97. The van der Waals surface area contributed by atoms with E-state index in [2.05, 4.69) is 19.2 Å². The van der Waals surface area contributed by atoms with Crippen LogP contribution < -0.4 is 5.32 Å². The number of carbonyl (C=O) groups is 1. The number of hydrogen-bond donors (Lipinski definition) is 2. The maximum absolute atomic E-state index is 13.1. The van der Waals surface area contributed by atoms with Crippen LogP contribution in [-0.2, 0) is 11.2 Å². The Balaban J connectivity index is 1.81. The predicted molar refractivity (Wildman–Crippen MR) is 80.3 cm³/mol. The third kappa shape index (κ3) is 4.81. The number of carbonyl (C=O) groups excluding carboxylic acids is 1. The van der Waals surface area contributed by atoms with Crippen molar-refractivity contribution in [3.63, 3.8) is 0 Å². The molecule has 2 rings (SSSR count). The van der Waals surface area contributed by atoms with Crippen LogP contribution in [0.25, 0.3) is 0 Å².